The molecule has 24 heavy (non-hydrogen) atoms. The van der Waals surface area contributed by atoms with Crippen LogP contribution in [-0.2, 0) is 6.54 Å². The molecule has 2 aromatic rings. The Morgan fingerprint density at radius 3 is 2.58 bits per heavy atom. The average molecular weight is 331 g/mol. The predicted molar refractivity (Wildman–Crippen MR) is 92.7 cm³/mol. The van der Waals surface area contributed by atoms with E-state index in [4.69, 9.17) is 14.0 Å². The lowest BCUT2D eigenvalue weighted by Gasteiger charge is -2.33. The summed E-state index contributed by atoms with van der Waals surface area (Å²) >= 11 is 0. The van der Waals surface area contributed by atoms with E-state index in [2.05, 4.69) is 15.4 Å². The first kappa shape index (κ1) is 16.6. The van der Waals surface area contributed by atoms with Gasteiger partial charge in [-0.1, -0.05) is 5.16 Å². The van der Waals surface area contributed by atoms with Crippen LogP contribution in [0.5, 0.6) is 11.5 Å². The van der Waals surface area contributed by atoms with Crippen molar-refractivity contribution < 1.29 is 14.0 Å². The lowest BCUT2D eigenvalue weighted by molar-refractivity contribution is 0.203. The number of hydrogen-bond acceptors (Lipinski definition) is 6. The first-order chi connectivity index (χ1) is 11.7. The van der Waals surface area contributed by atoms with Gasteiger partial charge in [0, 0.05) is 49.1 Å². The third-order valence-corrected chi connectivity index (χ3v) is 4.29. The molecular formula is C18H25N3O3. The van der Waals surface area contributed by atoms with E-state index in [1.165, 1.54) is 0 Å². The van der Waals surface area contributed by atoms with Gasteiger partial charge in [-0.2, -0.15) is 0 Å². The summed E-state index contributed by atoms with van der Waals surface area (Å²) in [5.74, 6) is 2.45. The summed E-state index contributed by atoms with van der Waals surface area (Å²) in [6.45, 7) is 4.82. The van der Waals surface area contributed by atoms with Crippen molar-refractivity contribution >= 4 is 5.69 Å². The summed E-state index contributed by atoms with van der Waals surface area (Å²) in [6.07, 6.45) is 2.31. The fraction of sp³-hybridized carbons (Fsp3) is 0.500. The number of aryl methyl sites for hydroxylation is 1. The third-order valence-electron chi connectivity index (χ3n) is 4.29. The molecule has 0 aliphatic carbocycles. The van der Waals surface area contributed by atoms with Gasteiger partial charge in [-0.15, -0.1) is 0 Å². The molecule has 6 nitrogen and oxygen atoms in total. The van der Waals surface area contributed by atoms with Crippen LogP contribution in [0.15, 0.2) is 28.8 Å². The van der Waals surface area contributed by atoms with Gasteiger partial charge in [-0.25, -0.2) is 0 Å². The SMILES string of the molecule is COc1cc(N[C@@H]2CCCN(Cc3cc(C)on3)C2)cc(OC)c1. The van der Waals surface area contributed by atoms with Crippen LogP contribution in [0.4, 0.5) is 5.69 Å². The fourth-order valence-corrected chi connectivity index (χ4v) is 3.17. The predicted octanol–water partition coefficient (Wildman–Crippen LogP) is 3.08. The van der Waals surface area contributed by atoms with Crippen molar-refractivity contribution in [1.82, 2.24) is 10.1 Å². The Bertz CT molecular complexity index is 649. The minimum Gasteiger partial charge on any atom is -0.497 e. The van der Waals surface area contributed by atoms with Gasteiger partial charge in [0.15, 0.2) is 0 Å². The van der Waals surface area contributed by atoms with Crippen LogP contribution in [0, 0.1) is 6.92 Å². The van der Waals surface area contributed by atoms with Crippen LogP contribution < -0.4 is 14.8 Å². The summed E-state index contributed by atoms with van der Waals surface area (Å²) < 4.78 is 15.8. The monoisotopic (exact) mass is 331 g/mol. The quantitative estimate of drug-likeness (QED) is 0.878. The molecule has 2 heterocycles. The Kier molecular flexibility index (Phi) is 5.25. The highest BCUT2D eigenvalue weighted by atomic mass is 16.5. The molecule has 0 bridgehead atoms. The molecule has 130 valence electrons. The van der Waals surface area contributed by atoms with Crippen molar-refractivity contribution in [3.63, 3.8) is 0 Å². The Morgan fingerprint density at radius 2 is 1.96 bits per heavy atom. The molecule has 1 N–H and O–H groups in total. The number of ether oxygens (including phenoxy) is 2. The average Bonchev–Trinajstić information content (AvgIpc) is 2.99. The zero-order valence-corrected chi connectivity index (χ0v) is 14.5. The Labute approximate surface area is 142 Å². The van der Waals surface area contributed by atoms with Gasteiger partial charge in [0.2, 0.25) is 0 Å². The minimum atomic E-state index is 0.392. The number of methoxy groups -OCH3 is 2. The zero-order valence-electron chi connectivity index (χ0n) is 14.5. The topological polar surface area (TPSA) is 59.8 Å². The number of likely N-dealkylation sites (tertiary alicyclic amines) is 1. The highest BCUT2D eigenvalue weighted by molar-refractivity contribution is 5.54. The summed E-state index contributed by atoms with van der Waals surface area (Å²) in [4.78, 5) is 2.41. The normalized spacial score (nSPS) is 18.4. The second kappa shape index (κ2) is 7.57. The highest BCUT2D eigenvalue weighted by Crippen LogP contribution is 2.27. The van der Waals surface area contributed by atoms with Crippen molar-refractivity contribution in [3.05, 3.63) is 35.7 Å². The van der Waals surface area contributed by atoms with Crippen LogP contribution in [0.3, 0.4) is 0 Å². The van der Waals surface area contributed by atoms with Crippen LogP contribution >= 0.6 is 0 Å². The summed E-state index contributed by atoms with van der Waals surface area (Å²) in [5.41, 5.74) is 2.02. The molecule has 3 rings (SSSR count). The number of piperidine rings is 1. The molecule has 1 aliphatic heterocycles. The van der Waals surface area contributed by atoms with Gasteiger partial charge >= 0.3 is 0 Å². The first-order valence-electron chi connectivity index (χ1n) is 8.30. The maximum absolute atomic E-state index is 5.34. The third kappa shape index (κ3) is 4.20. The molecule has 1 aromatic carbocycles. The van der Waals surface area contributed by atoms with Crippen molar-refractivity contribution in [3.8, 4) is 11.5 Å². The molecule has 0 saturated carbocycles. The maximum Gasteiger partial charge on any atom is 0.133 e. The summed E-state index contributed by atoms with van der Waals surface area (Å²) in [6, 6.07) is 8.28. The highest BCUT2D eigenvalue weighted by Gasteiger charge is 2.21. The molecule has 0 unspecified atom stereocenters. The standard InChI is InChI=1S/C18H25N3O3/c1-13-7-16(20-24-13)12-21-6-4-5-14(11-21)19-15-8-17(22-2)10-18(9-15)23-3/h7-10,14,19H,4-6,11-12H2,1-3H3/t14-/m1/s1. The van der Waals surface area contributed by atoms with E-state index in [0.29, 0.717) is 6.04 Å². The Hall–Kier alpha value is -2.21. The Morgan fingerprint density at radius 1 is 1.21 bits per heavy atom. The van der Waals surface area contributed by atoms with E-state index < -0.39 is 0 Å². The zero-order chi connectivity index (χ0) is 16.9. The van der Waals surface area contributed by atoms with Crippen molar-refractivity contribution in [1.29, 1.82) is 0 Å². The van der Waals surface area contributed by atoms with Gasteiger partial charge in [0.05, 0.1) is 19.9 Å². The summed E-state index contributed by atoms with van der Waals surface area (Å²) in [7, 11) is 3.33. The lowest BCUT2D eigenvalue weighted by Crippen LogP contribution is -2.41. The maximum atomic E-state index is 5.34. The molecule has 0 radical (unpaired) electrons. The molecule has 1 aliphatic rings. The molecule has 1 atom stereocenters. The number of rotatable bonds is 6. The van der Waals surface area contributed by atoms with Crippen molar-refractivity contribution in [2.45, 2.75) is 32.4 Å². The van der Waals surface area contributed by atoms with E-state index in [1.54, 1.807) is 14.2 Å². The van der Waals surface area contributed by atoms with Gasteiger partial charge in [0.25, 0.3) is 0 Å². The minimum absolute atomic E-state index is 0.392. The van der Waals surface area contributed by atoms with Gasteiger partial charge in [-0.3, -0.25) is 4.90 Å². The van der Waals surface area contributed by atoms with E-state index in [-0.39, 0.29) is 0 Å². The largest absolute Gasteiger partial charge is 0.497 e. The first-order valence-corrected chi connectivity index (χ1v) is 8.30. The van der Waals surface area contributed by atoms with E-state index in [9.17, 15) is 0 Å². The lowest BCUT2D eigenvalue weighted by atomic mass is 10.0. The number of nitrogens with zero attached hydrogens (tertiary/aromatic N) is 2. The number of hydrogen-bond donors (Lipinski definition) is 1. The number of anilines is 1. The van der Waals surface area contributed by atoms with Crippen molar-refractivity contribution in [2.24, 2.45) is 0 Å². The van der Waals surface area contributed by atoms with Gasteiger partial charge in [-0.05, 0) is 26.3 Å². The van der Waals surface area contributed by atoms with Crippen LogP contribution in [0.1, 0.15) is 24.3 Å². The number of nitrogens with one attached hydrogen (secondary N) is 1. The molecule has 1 aromatic heterocycles. The smallest absolute Gasteiger partial charge is 0.133 e. The number of aromatic nitrogens is 1. The number of benzene rings is 1. The van der Waals surface area contributed by atoms with E-state index in [1.807, 2.05) is 31.2 Å². The molecule has 1 saturated heterocycles. The van der Waals surface area contributed by atoms with Crippen LogP contribution in [0.2, 0.25) is 0 Å². The molecule has 0 spiro atoms. The summed E-state index contributed by atoms with van der Waals surface area (Å²) in [5, 5.41) is 7.70. The molecule has 6 heteroatoms. The molecule has 1 fully saturated rings. The van der Waals surface area contributed by atoms with Crippen LogP contribution in [0.25, 0.3) is 0 Å². The molecular weight excluding hydrogens is 306 g/mol. The van der Waals surface area contributed by atoms with Gasteiger partial charge in [0.1, 0.15) is 17.3 Å². The van der Waals surface area contributed by atoms with E-state index >= 15 is 0 Å². The second-order valence-electron chi connectivity index (χ2n) is 6.25. The molecule has 0 amide bonds. The second-order valence-corrected chi connectivity index (χ2v) is 6.25. The Balaban J connectivity index is 1.62. The van der Waals surface area contributed by atoms with Gasteiger partial charge < -0.3 is 19.3 Å². The fourth-order valence-electron chi connectivity index (χ4n) is 3.17. The van der Waals surface area contributed by atoms with E-state index in [0.717, 1.165) is 61.1 Å². The van der Waals surface area contributed by atoms with Crippen LogP contribution in [-0.4, -0.2) is 43.4 Å². The van der Waals surface area contributed by atoms with Crippen molar-refractivity contribution in [2.75, 3.05) is 32.6 Å².